The van der Waals surface area contributed by atoms with E-state index in [0.717, 1.165) is 6.42 Å². The van der Waals surface area contributed by atoms with E-state index in [9.17, 15) is 4.79 Å². The Labute approximate surface area is 118 Å². The van der Waals surface area contributed by atoms with E-state index in [0.29, 0.717) is 44.0 Å². The van der Waals surface area contributed by atoms with Gasteiger partial charge in [0.15, 0.2) is 0 Å². The molecule has 0 aliphatic carbocycles. The minimum absolute atomic E-state index is 0.0139. The van der Waals surface area contributed by atoms with Crippen LogP contribution < -0.4 is 0 Å². The third-order valence-corrected chi connectivity index (χ3v) is 2.98. The number of aliphatic hydroxyl groups is 1. The summed E-state index contributed by atoms with van der Waals surface area (Å²) < 4.78 is 5.35. The van der Waals surface area contributed by atoms with Crippen molar-refractivity contribution in [1.82, 2.24) is 9.88 Å². The number of hydrogen-bond acceptors (Lipinski definition) is 4. The quantitative estimate of drug-likeness (QED) is 0.806. The molecule has 0 aromatic carbocycles. The van der Waals surface area contributed by atoms with E-state index in [2.05, 4.69) is 16.8 Å². The van der Waals surface area contributed by atoms with Crippen LogP contribution >= 0.6 is 0 Å². The maximum absolute atomic E-state index is 12.5. The molecule has 1 amide bonds. The second-order valence-corrected chi connectivity index (χ2v) is 4.43. The molecular formula is C15H18N2O3. The SMILES string of the molecule is O=C(c1ncccc1C#CCCO)N1CCCOCC1. The molecule has 0 saturated carbocycles. The molecule has 1 aromatic heterocycles. The molecular weight excluding hydrogens is 256 g/mol. The number of amides is 1. The number of carbonyl (C=O) groups is 1. The highest BCUT2D eigenvalue weighted by atomic mass is 16.5. The van der Waals surface area contributed by atoms with Crippen LogP contribution in [0, 0.1) is 11.8 Å². The molecule has 0 unspecified atom stereocenters. The lowest BCUT2D eigenvalue weighted by atomic mass is 10.1. The normalized spacial score (nSPS) is 15.2. The molecule has 1 aliphatic rings. The lowest BCUT2D eigenvalue weighted by Gasteiger charge is -2.19. The summed E-state index contributed by atoms with van der Waals surface area (Å²) >= 11 is 0. The summed E-state index contributed by atoms with van der Waals surface area (Å²) in [7, 11) is 0. The predicted molar refractivity (Wildman–Crippen MR) is 74.2 cm³/mol. The van der Waals surface area contributed by atoms with Crippen molar-refractivity contribution in [2.24, 2.45) is 0 Å². The molecule has 0 atom stereocenters. The topological polar surface area (TPSA) is 62.7 Å². The monoisotopic (exact) mass is 274 g/mol. The van der Waals surface area contributed by atoms with E-state index in [1.165, 1.54) is 0 Å². The van der Waals surface area contributed by atoms with E-state index in [4.69, 9.17) is 9.84 Å². The fourth-order valence-corrected chi connectivity index (χ4v) is 1.99. The molecule has 1 saturated heterocycles. The fraction of sp³-hybridized carbons (Fsp3) is 0.467. The van der Waals surface area contributed by atoms with Gasteiger partial charge in [-0.3, -0.25) is 4.79 Å². The number of nitrogens with zero attached hydrogens (tertiary/aromatic N) is 2. The average Bonchev–Trinajstić information content (AvgIpc) is 2.76. The van der Waals surface area contributed by atoms with Crippen LogP contribution in [0.1, 0.15) is 28.9 Å². The Balaban J connectivity index is 2.18. The van der Waals surface area contributed by atoms with Gasteiger partial charge < -0.3 is 14.7 Å². The summed E-state index contributed by atoms with van der Waals surface area (Å²) in [6.07, 6.45) is 2.82. The van der Waals surface area contributed by atoms with Gasteiger partial charge in [-0.2, -0.15) is 0 Å². The molecule has 0 bridgehead atoms. The van der Waals surface area contributed by atoms with E-state index >= 15 is 0 Å². The van der Waals surface area contributed by atoms with Crippen LogP contribution in [0.25, 0.3) is 0 Å². The molecule has 2 rings (SSSR count). The molecule has 5 heteroatoms. The second kappa shape index (κ2) is 7.63. The zero-order chi connectivity index (χ0) is 14.2. The molecule has 0 spiro atoms. The number of aliphatic hydroxyl groups excluding tert-OH is 1. The fourth-order valence-electron chi connectivity index (χ4n) is 1.99. The summed E-state index contributed by atoms with van der Waals surface area (Å²) in [6.45, 7) is 2.52. The first-order valence-corrected chi connectivity index (χ1v) is 6.74. The van der Waals surface area contributed by atoms with Crippen LogP contribution in [0.5, 0.6) is 0 Å². The molecule has 1 fully saturated rings. The highest BCUT2D eigenvalue weighted by molar-refractivity contribution is 5.94. The van der Waals surface area contributed by atoms with Crippen molar-refractivity contribution in [3.63, 3.8) is 0 Å². The molecule has 2 heterocycles. The van der Waals surface area contributed by atoms with Gasteiger partial charge in [0.2, 0.25) is 0 Å². The summed E-state index contributed by atoms with van der Waals surface area (Å²) in [6, 6.07) is 3.53. The van der Waals surface area contributed by atoms with Crippen LogP contribution in [0.15, 0.2) is 18.3 Å². The first-order valence-electron chi connectivity index (χ1n) is 6.74. The Hall–Kier alpha value is -1.90. The third kappa shape index (κ3) is 3.80. The zero-order valence-corrected chi connectivity index (χ0v) is 11.3. The molecule has 5 nitrogen and oxygen atoms in total. The van der Waals surface area contributed by atoms with Crippen LogP contribution in [0.3, 0.4) is 0 Å². The van der Waals surface area contributed by atoms with Gasteiger partial charge in [-0.1, -0.05) is 11.8 Å². The van der Waals surface area contributed by atoms with Crippen LogP contribution in [0.4, 0.5) is 0 Å². The van der Waals surface area contributed by atoms with E-state index < -0.39 is 0 Å². The van der Waals surface area contributed by atoms with E-state index in [-0.39, 0.29) is 12.5 Å². The largest absolute Gasteiger partial charge is 0.395 e. The van der Waals surface area contributed by atoms with Gasteiger partial charge in [0.25, 0.3) is 5.91 Å². The number of hydrogen-bond donors (Lipinski definition) is 1. The standard InChI is InChI=1S/C15H18N2O3/c18-10-2-1-5-13-6-3-7-16-14(13)15(19)17-8-4-11-20-12-9-17/h3,6-7,18H,2,4,8-12H2. The van der Waals surface area contributed by atoms with Gasteiger partial charge >= 0.3 is 0 Å². The molecule has 1 N–H and O–H groups in total. The Kier molecular flexibility index (Phi) is 5.54. The van der Waals surface area contributed by atoms with Crippen molar-refractivity contribution in [2.45, 2.75) is 12.8 Å². The summed E-state index contributed by atoms with van der Waals surface area (Å²) in [5.74, 6) is 5.62. The third-order valence-electron chi connectivity index (χ3n) is 2.98. The predicted octanol–water partition coefficient (Wildman–Crippen LogP) is 0.678. The lowest BCUT2D eigenvalue weighted by Crippen LogP contribution is -2.34. The Morgan fingerprint density at radius 3 is 3.20 bits per heavy atom. The van der Waals surface area contributed by atoms with Crippen LogP contribution in [-0.2, 0) is 4.74 Å². The first-order chi connectivity index (χ1) is 9.83. The van der Waals surface area contributed by atoms with Crippen molar-refractivity contribution in [2.75, 3.05) is 32.9 Å². The number of pyridine rings is 1. The highest BCUT2D eigenvalue weighted by Gasteiger charge is 2.20. The minimum atomic E-state index is -0.107. The van der Waals surface area contributed by atoms with Crippen molar-refractivity contribution in [3.05, 3.63) is 29.6 Å². The number of aromatic nitrogens is 1. The van der Waals surface area contributed by atoms with Gasteiger partial charge in [0, 0.05) is 32.3 Å². The lowest BCUT2D eigenvalue weighted by molar-refractivity contribution is 0.0735. The van der Waals surface area contributed by atoms with Crippen molar-refractivity contribution in [3.8, 4) is 11.8 Å². The number of carbonyl (C=O) groups excluding carboxylic acids is 1. The van der Waals surface area contributed by atoms with Gasteiger partial charge in [-0.15, -0.1) is 0 Å². The van der Waals surface area contributed by atoms with E-state index in [1.807, 2.05) is 0 Å². The average molecular weight is 274 g/mol. The maximum atomic E-state index is 12.5. The van der Waals surface area contributed by atoms with Gasteiger partial charge in [0.05, 0.1) is 18.8 Å². The number of rotatable bonds is 2. The summed E-state index contributed by atoms with van der Waals surface area (Å²) in [4.78, 5) is 18.4. The second-order valence-electron chi connectivity index (χ2n) is 4.43. The van der Waals surface area contributed by atoms with E-state index in [1.54, 1.807) is 23.2 Å². The molecule has 106 valence electrons. The van der Waals surface area contributed by atoms with Crippen molar-refractivity contribution in [1.29, 1.82) is 0 Å². The van der Waals surface area contributed by atoms with Gasteiger partial charge in [0.1, 0.15) is 5.69 Å². The minimum Gasteiger partial charge on any atom is -0.395 e. The smallest absolute Gasteiger partial charge is 0.273 e. The number of ether oxygens (including phenoxy) is 1. The van der Waals surface area contributed by atoms with Crippen LogP contribution in [-0.4, -0.2) is 53.8 Å². The first kappa shape index (κ1) is 14.5. The van der Waals surface area contributed by atoms with Crippen molar-refractivity contribution < 1.29 is 14.6 Å². The zero-order valence-electron chi connectivity index (χ0n) is 11.3. The summed E-state index contributed by atoms with van der Waals surface area (Å²) in [5, 5.41) is 8.75. The molecule has 1 aliphatic heterocycles. The van der Waals surface area contributed by atoms with Crippen LogP contribution in [0.2, 0.25) is 0 Å². The van der Waals surface area contributed by atoms with Gasteiger partial charge in [-0.25, -0.2) is 4.98 Å². The Morgan fingerprint density at radius 1 is 1.45 bits per heavy atom. The highest BCUT2D eigenvalue weighted by Crippen LogP contribution is 2.10. The Morgan fingerprint density at radius 2 is 2.35 bits per heavy atom. The molecule has 1 aromatic rings. The molecule has 0 radical (unpaired) electrons. The van der Waals surface area contributed by atoms with Crippen molar-refractivity contribution >= 4 is 5.91 Å². The maximum Gasteiger partial charge on any atom is 0.273 e. The van der Waals surface area contributed by atoms with Gasteiger partial charge in [-0.05, 0) is 18.6 Å². The Bertz CT molecular complexity index is 511. The summed E-state index contributed by atoms with van der Waals surface area (Å²) in [5.41, 5.74) is 0.982. The molecule has 20 heavy (non-hydrogen) atoms.